The minimum absolute atomic E-state index is 0.0103. The summed E-state index contributed by atoms with van der Waals surface area (Å²) in [5, 5.41) is 0. The largest absolute Gasteiger partial charge is 0.447 e. The molecule has 0 unspecified atom stereocenters. The monoisotopic (exact) mass is 347 g/mol. The zero-order valence-electron chi connectivity index (χ0n) is 14.9. The molecule has 0 spiro atoms. The van der Waals surface area contributed by atoms with Crippen LogP contribution in [-0.2, 0) is 9.53 Å². The van der Waals surface area contributed by atoms with Crippen LogP contribution in [0.4, 0.5) is 4.79 Å². The summed E-state index contributed by atoms with van der Waals surface area (Å²) in [6.07, 6.45) is -0.416. The predicted octanol–water partition coefficient (Wildman–Crippen LogP) is 4.25. The lowest BCUT2D eigenvalue weighted by atomic mass is 9.88. The van der Waals surface area contributed by atoms with Gasteiger partial charge in [-0.25, -0.2) is 4.79 Å². The Morgan fingerprint density at radius 2 is 1.46 bits per heavy atom. The predicted molar refractivity (Wildman–Crippen MR) is 98.7 cm³/mol. The standard InChI is InChI=1S/C22H21NO3/c1-14-15(2)21(24)20(19(14)17-11-7-4-8-12-17)23-18(13-26-22(23)25)16-9-5-3-6-10-16/h3-12,18-20H,13H2,1-2H3/t18-,19-,20+/m1/s1. The van der Waals surface area contributed by atoms with Crippen LogP contribution in [-0.4, -0.2) is 29.4 Å². The van der Waals surface area contributed by atoms with Gasteiger partial charge in [0.15, 0.2) is 5.78 Å². The molecule has 132 valence electrons. The summed E-state index contributed by atoms with van der Waals surface area (Å²) in [5.41, 5.74) is 3.81. The molecular weight excluding hydrogens is 326 g/mol. The second kappa shape index (κ2) is 6.45. The van der Waals surface area contributed by atoms with Gasteiger partial charge < -0.3 is 4.74 Å². The van der Waals surface area contributed by atoms with Crippen LogP contribution in [0.2, 0.25) is 0 Å². The van der Waals surface area contributed by atoms with Gasteiger partial charge in [-0.15, -0.1) is 0 Å². The Labute approximate surface area is 153 Å². The molecule has 1 amide bonds. The van der Waals surface area contributed by atoms with Crippen LogP contribution in [0.1, 0.15) is 36.9 Å². The molecule has 3 atom stereocenters. The second-order valence-electron chi connectivity index (χ2n) is 6.92. The van der Waals surface area contributed by atoms with Crippen LogP contribution >= 0.6 is 0 Å². The third-order valence-corrected chi connectivity index (χ3v) is 5.57. The number of nitrogens with zero attached hydrogens (tertiary/aromatic N) is 1. The van der Waals surface area contributed by atoms with Crippen LogP contribution < -0.4 is 0 Å². The average Bonchev–Trinajstić information content (AvgIpc) is 3.16. The molecule has 0 bridgehead atoms. The molecule has 1 aliphatic carbocycles. The molecular formula is C22H21NO3. The molecule has 2 aromatic carbocycles. The van der Waals surface area contributed by atoms with E-state index in [2.05, 4.69) is 0 Å². The molecule has 1 aliphatic heterocycles. The summed E-state index contributed by atoms with van der Waals surface area (Å²) in [4.78, 5) is 27.4. The summed E-state index contributed by atoms with van der Waals surface area (Å²) in [7, 11) is 0. The van der Waals surface area contributed by atoms with Crippen molar-refractivity contribution in [2.24, 2.45) is 0 Å². The lowest BCUT2D eigenvalue weighted by molar-refractivity contribution is -0.119. The number of benzene rings is 2. The number of carbonyl (C=O) groups is 2. The van der Waals surface area contributed by atoms with Crippen LogP contribution in [0.5, 0.6) is 0 Å². The molecule has 2 aliphatic rings. The van der Waals surface area contributed by atoms with Gasteiger partial charge in [0, 0.05) is 5.92 Å². The van der Waals surface area contributed by atoms with Crippen molar-refractivity contribution in [1.82, 2.24) is 4.90 Å². The molecule has 0 N–H and O–H groups in total. The van der Waals surface area contributed by atoms with E-state index < -0.39 is 12.1 Å². The first kappa shape index (κ1) is 16.6. The van der Waals surface area contributed by atoms with Gasteiger partial charge in [0.05, 0.1) is 6.04 Å². The van der Waals surface area contributed by atoms with E-state index in [1.165, 1.54) is 0 Å². The third-order valence-electron chi connectivity index (χ3n) is 5.57. The number of ether oxygens (including phenoxy) is 1. The van der Waals surface area contributed by atoms with Crippen molar-refractivity contribution in [2.75, 3.05) is 6.61 Å². The van der Waals surface area contributed by atoms with E-state index in [0.29, 0.717) is 0 Å². The smallest absolute Gasteiger partial charge is 0.411 e. The van der Waals surface area contributed by atoms with E-state index in [0.717, 1.165) is 22.3 Å². The van der Waals surface area contributed by atoms with E-state index in [1.807, 2.05) is 74.5 Å². The first-order chi connectivity index (χ1) is 12.6. The number of ketones is 1. The van der Waals surface area contributed by atoms with Gasteiger partial charge in [-0.2, -0.15) is 0 Å². The summed E-state index contributed by atoms with van der Waals surface area (Å²) in [6, 6.07) is 18.9. The minimum atomic E-state index is -0.558. The Hall–Kier alpha value is -2.88. The van der Waals surface area contributed by atoms with Crippen LogP contribution in [0.25, 0.3) is 0 Å². The number of rotatable bonds is 3. The number of hydrogen-bond acceptors (Lipinski definition) is 3. The second-order valence-corrected chi connectivity index (χ2v) is 6.92. The normalized spacial score (nSPS) is 25.8. The van der Waals surface area contributed by atoms with Gasteiger partial charge in [-0.3, -0.25) is 9.69 Å². The molecule has 4 rings (SSSR count). The Kier molecular flexibility index (Phi) is 4.11. The van der Waals surface area contributed by atoms with Gasteiger partial charge in [0.1, 0.15) is 12.6 Å². The maximum Gasteiger partial charge on any atom is 0.411 e. The summed E-state index contributed by atoms with van der Waals surface area (Å²) in [6.45, 7) is 4.11. The quantitative estimate of drug-likeness (QED) is 0.834. The van der Waals surface area contributed by atoms with Crippen molar-refractivity contribution in [3.63, 3.8) is 0 Å². The molecule has 4 nitrogen and oxygen atoms in total. The van der Waals surface area contributed by atoms with Crippen molar-refractivity contribution < 1.29 is 14.3 Å². The lowest BCUT2D eigenvalue weighted by Gasteiger charge is -2.32. The van der Waals surface area contributed by atoms with Gasteiger partial charge >= 0.3 is 6.09 Å². The van der Waals surface area contributed by atoms with E-state index in [-0.39, 0.29) is 24.3 Å². The number of amides is 1. The Morgan fingerprint density at radius 3 is 2.08 bits per heavy atom. The topological polar surface area (TPSA) is 46.6 Å². The summed E-state index contributed by atoms with van der Waals surface area (Å²) < 4.78 is 5.36. The van der Waals surface area contributed by atoms with Gasteiger partial charge in [-0.1, -0.05) is 66.2 Å². The number of cyclic esters (lactones) is 1. The van der Waals surface area contributed by atoms with Gasteiger partial charge in [0.2, 0.25) is 0 Å². The fraction of sp³-hybridized carbons (Fsp3) is 0.273. The highest BCUT2D eigenvalue weighted by molar-refractivity contribution is 6.05. The van der Waals surface area contributed by atoms with Crippen molar-refractivity contribution in [2.45, 2.75) is 31.8 Å². The zero-order valence-corrected chi connectivity index (χ0v) is 14.9. The molecule has 1 fully saturated rings. The van der Waals surface area contributed by atoms with Gasteiger partial charge in [0.25, 0.3) is 0 Å². The SMILES string of the molecule is CC1=C(C)[C@H](c2ccccc2)[C@H](N2C(=O)OC[C@@H]2c2ccccc2)C1=O. The molecule has 26 heavy (non-hydrogen) atoms. The summed E-state index contributed by atoms with van der Waals surface area (Å²) >= 11 is 0. The fourth-order valence-electron chi connectivity index (χ4n) is 4.09. The molecule has 2 aromatic rings. The average molecular weight is 347 g/mol. The lowest BCUT2D eigenvalue weighted by Crippen LogP contribution is -2.44. The number of hydrogen-bond donors (Lipinski definition) is 0. The van der Waals surface area contributed by atoms with E-state index in [1.54, 1.807) is 4.90 Å². The Morgan fingerprint density at radius 1 is 0.885 bits per heavy atom. The van der Waals surface area contributed by atoms with Crippen molar-refractivity contribution in [3.05, 3.63) is 82.9 Å². The highest BCUT2D eigenvalue weighted by atomic mass is 16.6. The maximum atomic E-state index is 13.1. The minimum Gasteiger partial charge on any atom is -0.447 e. The van der Waals surface area contributed by atoms with Crippen LogP contribution in [0.3, 0.4) is 0 Å². The third kappa shape index (κ3) is 2.53. The number of Topliss-reactive ketones (excluding diaryl/α,β-unsaturated/α-hetero) is 1. The molecule has 1 saturated heterocycles. The van der Waals surface area contributed by atoms with Gasteiger partial charge in [-0.05, 0) is 30.5 Å². The zero-order chi connectivity index (χ0) is 18.3. The first-order valence-electron chi connectivity index (χ1n) is 8.86. The van der Waals surface area contributed by atoms with E-state index >= 15 is 0 Å². The Bertz CT molecular complexity index is 873. The molecule has 0 aromatic heterocycles. The molecule has 1 heterocycles. The maximum absolute atomic E-state index is 13.1. The van der Waals surface area contributed by atoms with Crippen molar-refractivity contribution in [1.29, 1.82) is 0 Å². The molecule has 0 radical (unpaired) electrons. The Balaban J connectivity index is 1.79. The van der Waals surface area contributed by atoms with E-state index in [9.17, 15) is 9.59 Å². The van der Waals surface area contributed by atoms with Crippen molar-refractivity contribution >= 4 is 11.9 Å². The highest BCUT2D eigenvalue weighted by Gasteiger charge is 2.50. The fourth-order valence-corrected chi connectivity index (χ4v) is 4.09. The first-order valence-corrected chi connectivity index (χ1v) is 8.86. The molecule has 0 saturated carbocycles. The van der Waals surface area contributed by atoms with Crippen molar-refractivity contribution in [3.8, 4) is 0 Å². The summed E-state index contributed by atoms with van der Waals surface area (Å²) in [5.74, 6) is -0.128. The number of carbonyl (C=O) groups excluding carboxylic acids is 2. The van der Waals surface area contributed by atoms with Crippen LogP contribution in [0, 0.1) is 0 Å². The molecule has 4 heteroatoms. The van der Waals surface area contributed by atoms with E-state index in [4.69, 9.17) is 4.74 Å². The highest BCUT2D eigenvalue weighted by Crippen LogP contribution is 2.44. The van der Waals surface area contributed by atoms with Crippen LogP contribution in [0.15, 0.2) is 71.8 Å².